The Kier molecular flexibility index (Phi) is 6.38. The van der Waals surface area contributed by atoms with Crippen LogP contribution < -0.4 is 0 Å². The van der Waals surface area contributed by atoms with E-state index >= 15 is 0 Å². The number of nitrogens with zero attached hydrogens (tertiary/aromatic N) is 7. The van der Waals surface area contributed by atoms with Crippen LogP contribution in [-0.4, -0.2) is 66.4 Å². The third-order valence-electron chi connectivity index (χ3n) is 7.05. The van der Waals surface area contributed by atoms with E-state index in [0.29, 0.717) is 18.7 Å². The molecule has 1 aliphatic rings. The van der Waals surface area contributed by atoms with Crippen molar-refractivity contribution in [3.63, 3.8) is 0 Å². The van der Waals surface area contributed by atoms with Gasteiger partial charge in [0.2, 0.25) is 0 Å². The number of hydrogen-bond donors (Lipinski definition) is 0. The SMILES string of the molecule is CCn1cc(CN2CCN(C(=O)c3cc(-c4cnn(CC)c4C)nc4ccccc34)CC2)c(C)n1. The van der Waals surface area contributed by atoms with Crippen LogP contribution in [0.25, 0.3) is 22.2 Å². The molecule has 0 spiro atoms. The van der Waals surface area contributed by atoms with Crippen molar-refractivity contribution < 1.29 is 4.79 Å². The zero-order valence-corrected chi connectivity index (χ0v) is 21.0. The normalized spacial score (nSPS) is 14.7. The molecule has 3 aromatic heterocycles. The van der Waals surface area contributed by atoms with Crippen molar-refractivity contribution in [3.8, 4) is 11.3 Å². The minimum absolute atomic E-state index is 0.0695. The first-order valence-corrected chi connectivity index (χ1v) is 12.5. The number of carbonyl (C=O) groups is 1. The molecule has 0 saturated carbocycles. The van der Waals surface area contributed by atoms with Crippen LogP contribution in [0.3, 0.4) is 0 Å². The van der Waals surface area contributed by atoms with Crippen molar-refractivity contribution in [2.75, 3.05) is 26.2 Å². The first kappa shape index (κ1) is 23.2. The van der Waals surface area contributed by atoms with Gasteiger partial charge in [0, 0.05) is 74.2 Å². The molecular weight excluding hydrogens is 438 g/mol. The molecule has 0 aliphatic carbocycles. The average molecular weight is 472 g/mol. The second kappa shape index (κ2) is 9.62. The van der Waals surface area contributed by atoms with Gasteiger partial charge in [-0.2, -0.15) is 10.2 Å². The highest BCUT2D eigenvalue weighted by molar-refractivity contribution is 6.07. The number of piperazine rings is 1. The molecule has 0 atom stereocenters. The van der Waals surface area contributed by atoms with Gasteiger partial charge in [0.15, 0.2) is 0 Å². The highest BCUT2D eigenvalue weighted by Crippen LogP contribution is 2.28. The third kappa shape index (κ3) is 4.46. The van der Waals surface area contributed by atoms with Crippen LogP contribution >= 0.6 is 0 Å². The minimum atomic E-state index is 0.0695. The Morgan fingerprint density at radius 3 is 2.49 bits per heavy atom. The Balaban J connectivity index is 1.38. The minimum Gasteiger partial charge on any atom is -0.336 e. The fourth-order valence-electron chi connectivity index (χ4n) is 4.90. The lowest BCUT2D eigenvalue weighted by atomic mass is 10.0. The van der Waals surface area contributed by atoms with E-state index in [0.717, 1.165) is 66.3 Å². The molecule has 0 radical (unpaired) electrons. The number of amides is 1. The number of fused-ring (bicyclic) bond motifs is 1. The van der Waals surface area contributed by atoms with Gasteiger partial charge in [-0.25, -0.2) is 4.98 Å². The van der Waals surface area contributed by atoms with E-state index in [1.54, 1.807) is 0 Å². The number of hydrogen-bond acceptors (Lipinski definition) is 5. The molecule has 1 amide bonds. The van der Waals surface area contributed by atoms with Gasteiger partial charge in [0.25, 0.3) is 5.91 Å². The molecule has 1 aliphatic heterocycles. The van der Waals surface area contributed by atoms with Gasteiger partial charge in [-0.1, -0.05) is 18.2 Å². The van der Waals surface area contributed by atoms with Crippen molar-refractivity contribution in [1.82, 2.24) is 34.3 Å². The molecular formula is C27H33N7O. The summed E-state index contributed by atoms with van der Waals surface area (Å²) in [7, 11) is 0. The van der Waals surface area contributed by atoms with Crippen molar-refractivity contribution in [2.24, 2.45) is 0 Å². The average Bonchev–Trinajstić information content (AvgIpc) is 3.44. The van der Waals surface area contributed by atoms with E-state index in [9.17, 15) is 4.79 Å². The van der Waals surface area contributed by atoms with Crippen LogP contribution in [-0.2, 0) is 19.6 Å². The predicted molar refractivity (Wildman–Crippen MR) is 137 cm³/mol. The first-order chi connectivity index (χ1) is 17.0. The van der Waals surface area contributed by atoms with Crippen molar-refractivity contribution in [2.45, 2.75) is 47.3 Å². The monoisotopic (exact) mass is 471 g/mol. The van der Waals surface area contributed by atoms with Gasteiger partial charge in [-0.3, -0.25) is 19.1 Å². The smallest absolute Gasteiger partial charge is 0.254 e. The molecule has 8 heteroatoms. The standard InChI is InChI=1S/C27H33N7O/c1-5-33-18-21(19(3)30-33)17-31-11-13-32(14-12-31)27(35)23-15-26(24-16-28-34(6-2)20(24)4)29-25-10-8-7-9-22(23)25/h7-10,15-16,18H,5-6,11-14,17H2,1-4H3. The van der Waals surface area contributed by atoms with Crippen molar-refractivity contribution in [3.05, 3.63) is 65.2 Å². The fourth-order valence-corrected chi connectivity index (χ4v) is 4.90. The molecule has 182 valence electrons. The van der Waals surface area contributed by atoms with Gasteiger partial charge in [-0.15, -0.1) is 0 Å². The summed E-state index contributed by atoms with van der Waals surface area (Å²) in [4.78, 5) is 23.0. The van der Waals surface area contributed by atoms with Crippen molar-refractivity contribution >= 4 is 16.8 Å². The Hall–Kier alpha value is -3.52. The molecule has 0 bridgehead atoms. The molecule has 4 aromatic rings. The maximum Gasteiger partial charge on any atom is 0.254 e. The molecule has 1 saturated heterocycles. The molecule has 35 heavy (non-hydrogen) atoms. The molecule has 8 nitrogen and oxygen atoms in total. The van der Waals surface area contributed by atoms with E-state index < -0.39 is 0 Å². The molecule has 1 aromatic carbocycles. The Morgan fingerprint density at radius 1 is 1.03 bits per heavy atom. The van der Waals surface area contributed by atoms with Gasteiger partial charge >= 0.3 is 0 Å². The summed E-state index contributed by atoms with van der Waals surface area (Å²) in [6.45, 7) is 14.0. The van der Waals surface area contributed by atoms with E-state index in [1.165, 1.54) is 5.56 Å². The molecule has 5 rings (SSSR count). The zero-order valence-electron chi connectivity index (χ0n) is 21.0. The summed E-state index contributed by atoms with van der Waals surface area (Å²) in [6, 6.07) is 9.86. The second-order valence-corrected chi connectivity index (χ2v) is 9.20. The summed E-state index contributed by atoms with van der Waals surface area (Å²) < 4.78 is 3.95. The van der Waals surface area contributed by atoms with Crippen molar-refractivity contribution in [1.29, 1.82) is 0 Å². The van der Waals surface area contributed by atoms with E-state index in [4.69, 9.17) is 4.98 Å². The highest BCUT2D eigenvalue weighted by Gasteiger charge is 2.25. The lowest BCUT2D eigenvalue weighted by molar-refractivity contribution is 0.0630. The first-order valence-electron chi connectivity index (χ1n) is 12.5. The number of carbonyl (C=O) groups excluding carboxylic acids is 1. The number of aryl methyl sites for hydroxylation is 3. The largest absolute Gasteiger partial charge is 0.336 e. The van der Waals surface area contributed by atoms with E-state index in [1.807, 2.05) is 50.8 Å². The molecule has 1 fully saturated rings. The number of rotatable bonds is 6. The summed E-state index contributed by atoms with van der Waals surface area (Å²) in [6.07, 6.45) is 3.99. The van der Waals surface area contributed by atoms with Gasteiger partial charge in [0.1, 0.15) is 0 Å². The summed E-state index contributed by atoms with van der Waals surface area (Å²) in [5, 5.41) is 9.94. The second-order valence-electron chi connectivity index (χ2n) is 9.20. The van der Waals surface area contributed by atoms with Gasteiger partial charge < -0.3 is 4.90 Å². The lowest BCUT2D eigenvalue weighted by Crippen LogP contribution is -2.48. The van der Waals surface area contributed by atoms with E-state index in [2.05, 4.69) is 49.0 Å². The van der Waals surface area contributed by atoms with Crippen LogP contribution in [0.15, 0.2) is 42.7 Å². The van der Waals surface area contributed by atoms with Gasteiger partial charge in [-0.05, 0) is 39.8 Å². The van der Waals surface area contributed by atoms with Crippen LogP contribution in [0.1, 0.15) is 41.2 Å². The predicted octanol–water partition coefficient (Wildman–Crippen LogP) is 3.91. The van der Waals surface area contributed by atoms with Crippen LogP contribution in [0.4, 0.5) is 0 Å². The zero-order chi connectivity index (χ0) is 24.5. The topological polar surface area (TPSA) is 72.1 Å². The molecule has 0 N–H and O–H groups in total. The number of pyridine rings is 1. The fraction of sp³-hybridized carbons (Fsp3) is 0.407. The summed E-state index contributed by atoms with van der Waals surface area (Å²) >= 11 is 0. The maximum atomic E-state index is 13.8. The Bertz CT molecular complexity index is 1360. The third-order valence-corrected chi connectivity index (χ3v) is 7.05. The maximum absolute atomic E-state index is 13.8. The Morgan fingerprint density at radius 2 is 1.80 bits per heavy atom. The summed E-state index contributed by atoms with van der Waals surface area (Å²) in [5.41, 5.74) is 6.72. The van der Waals surface area contributed by atoms with Crippen LogP contribution in [0, 0.1) is 13.8 Å². The number of aromatic nitrogens is 5. The highest BCUT2D eigenvalue weighted by atomic mass is 16.2. The Labute approximate surface area is 206 Å². The quantitative estimate of drug-likeness (QED) is 0.426. The van der Waals surface area contributed by atoms with Gasteiger partial charge in [0.05, 0.1) is 28.7 Å². The van der Waals surface area contributed by atoms with Crippen LogP contribution in [0.2, 0.25) is 0 Å². The number of benzene rings is 1. The summed E-state index contributed by atoms with van der Waals surface area (Å²) in [5.74, 6) is 0.0695. The van der Waals surface area contributed by atoms with E-state index in [-0.39, 0.29) is 5.91 Å². The molecule has 0 unspecified atom stereocenters. The lowest BCUT2D eigenvalue weighted by Gasteiger charge is -2.35. The number of para-hydroxylation sites is 1. The van der Waals surface area contributed by atoms with Crippen LogP contribution in [0.5, 0.6) is 0 Å². The molecule has 4 heterocycles.